The molecule has 0 bridgehead atoms. The fraction of sp³-hybridized carbons (Fsp3) is 0.263. The molecule has 2 aromatic carbocycles. The van der Waals surface area contributed by atoms with Gasteiger partial charge in [-0.15, -0.1) is 0 Å². The molecule has 0 radical (unpaired) electrons. The number of nitrogens with one attached hydrogen (secondary N) is 1. The van der Waals surface area contributed by atoms with Crippen LogP contribution in [0.2, 0.25) is 5.02 Å². The van der Waals surface area contributed by atoms with Crippen LogP contribution in [0.5, 0.6) is 5.75 Å². The van der Waals surface area contributed by atoms with Crippen LogP contribution < -0.4 is 15.1 Å². The Labute approximate surface area is 156 Å². The minimum absolute atomic E-state index is 0.107. The predicted octanol–water partition coefficient (Wildman–Crippen LogP) is 2.95. The highest BCUT2D eigenvalue weighted by Crippen LogP contribution is 2.35. The van der Waals surface area contributed by atoms with Gasteiger partial charge in [0.2, 0.25) is 11.8 Å². The van der Waals surface area contributed by atoms with E-state index < -0.39 is 5.92 Å². The fourth-order valence-corrected chi connectivity index (χ4v) is 3.00. The van der Waals surface area contributed by atoms with Crippen molar-refractivity contribution in [3.8, 4) is 5.75 Å². The zero-order chi connectivity index (χ0) is 18.5. The van der Waals surface area contributed by atoms with Crippen molar-refractivity contribution >= 4 is 29.1 Å². The highest BCUT2D eigenvalue weighted by Gasteiger charge is 2.36. The molecule has 6 nitrogen and oxygen atoms in total. The maximum atomic E-state index is 12.4. The first-order valence-electron chi connectivity index (χ1n) is 8.18. The lowest BCUT2D eigenvalue weighted by molar-refractivity contribution is -0.138. The standard InChI is InChI=1S/C19H19ClN2O4/c1-25-17-8-7-15(20)10-16(17)22-11-14(9-18(22)23)19(24)21-26-12-13-5-3-2-4-6-13/h2-8,10,14H,9,11-12H2,1H3,(H,21,24)/t14-/m1/s1. The first kappa shape index (κ1) is 18.2. The summed E-state index contributed by atoms with van der Waals surface area (Å²) >= 11 is 6.03. The summed E-state index contributed by atoms with van der Waals surface area (Å²) in [6.07, 6.45) is 0.107. The Morgan fingerprint density at radius 2 is 2.04 bits per heavy atom. The van der Waals surface area contributed by atoms with Crippen LogP contribution in [-0.2, 0) is 21.0 Å². The third kappa shape index (κ3) is 4.15. The number of hydrogen-bond acceptors (Lipinski definition) is 4. The normalized spacial score (nSPS) is 16.6. The van der Waals surface area contributed by atoms with E-state index in [0.29, 0.717) is 16.5 Å². The number of carbonyl (C=O) groups excluding carboxylic acids is 2. The zero-order valence-corrected chi connectivity index (χ0v) is 15.0. The second-order valence-electron chi connectivity index (χ2n) is 5.96. The number of nitrogens with zero attached hydrogens (tertiary/aromatic N) is 1. The van der Waals surface area contributed by atoms with Crippen molar-refractivity contribution in [3.05, 3.63) is 59.1 Å². The SMILES string of the molecule is COc1ccc(Cl)cc1N1C[C@H](C(=O)NOCc2ccccc2)CC1=O. The van der Waals surface area contributed by atoms with Crippen molar-refractivity contribution in [2.24, 2.45) is 5.92 Å². The molecule has 7 heteroatoms. The van der Waals surface area contributed by atoms with Crippen molar-refractivity contribution in [1.29, 1.82) is 0 Å². The van der Waals surface area contributed by atoms with Crippen LogP contribution in [0.4, 0.5) is 5.69 Å². The first-order chi connectivity index (χ1) is 12.6. The Balaban J connectivity index is 1.60. The van der Waals surface area contributed by atoms with E-state index in [9.17, 15) is 9.59 Å². The lowest BCUT2D eigenvalue weighted by atomic mass is 10.1. The Morgan fingerprint density at radius 3 is 2.77 bits per heavy atom. The molecule has 2 amide bonds. The number of benzene rings is 2. The highest BCUT2D eigenvalue weighted by molar-refractivity contribution is 6.31. The van der Waals surface area contributed by atoms with Gasteiger partial charge in [-0.25, -0.2) is 5.48 Å². The summed E-state index contributed by atoms with van der Waals surface area (Å²) in [5.74, 6) is -0.447. The van der Waals surface area contributed by atoms with E-state index in [4.69, 9.17) is 21.2 Å². The van der Waals surface area contributed by atoms with Crippen molar-refractivity contribution in [1.82, 2.24) is 5.48 Å². The molecule has 0 saturated carbocycles. The molecule has 1 aliphatic rings. The van der Waals surface area contributed by atoms with Gasteiger partial charge in [0.1, 0.15) is 5.75 Å². The van der Waals surface area contributed by atoms with E-state index in [2.05, 4.69) is 5.48 Å². The Bertz CT molecular complexity index is 797. The van der Waals surface area contributed by atoms with Gasteiger partial charge >= 0.3 is 0 Å². The van der Waals surface area contributed by atoms with Gasteiger partial charge in [-0.1, -0.05) is 41.9 Å². The van der Waals surface area contributed by atoms with Gasteiger partial charge in [0.05, 0.1) is 25.3 Å². The minimum atomic E-state index is -0.498. The molecular weight excluding hydrogens is 356 g/mol. The quantitative estimate of drug-likeness (QED) is 0.789. The topological polar surface area (TPSA) is 67.9 Å². The molecule has 1 aliphatic heterocycles. The lowest BCUT2D eigenvalue weighted by Gasteiger charge is -2.19. The molecule has 26 heavy (non-hydrogen) atoms. The number of hydroxylamine groups is 1. The minimum Gasteiger partial charge on any atom is -0.495 e. The number of carbonyl (C=O) groups is 2. The number of methoxy groups -OCH3 is 1. The molecule has 0 aromatic heterocycles. The van der Waals surface area contributed by atoms with Crippen molar-refractivity contribution < 1.29 is 19.2 Å². The maximum absolute atomic E-state index is 12.4. The average molecular weight is 375 g/mol. The largest absolute Gasteiger partial charge is 0.495 e. The second kappa shape index (κ2) is 8.21. The fourth-order valence-electron chi connectivity index (χ4n) is 2.84. The molecule has 2 aromatic rings. The Kier molecular flexibility index (Phi) is 5.75. The number of halogens is 1. The summed E-state index contributed by atoms with van der Waals surface area (Å²) in [4.78, 5) is 31.5. The van der Waals surface area contributed by atoms with Gasteiger partial charge in [-0.05, 0) is 23.8 Å². The van der Waals surface area contributed by atoms with E-state index in [1.54, 1.807) is 18.2 Å². The number of amides is 2. The van der Waals surface area contributed by atoms with E-state index in [-0.39, 0.29) is 31.4 Å². The van der Waals surface area contributed by atoms with Gasteiger partial charge in [-0.2, -0.15) is 0 Å². The van der Waals surface area contributed by atoms with Gasteiger partial charge in [0.25, 0.3) is 0 Å². The van der Waals surface area contributed by atoms with Crippen molar-refractivity contribution in [2.45, 2.75) is 13.0 Å². The number of rotatable bonds is 6. The van der Waals surface area contributed by atoms with Gasteiger partial charge in [0.15, 0.2) is 0 Å². The van der Waals surface area contributed by atoms with Gasteiger partial charge in [-0.3, -0.25) is 14.4 Å². The summed E-state index contributed by atoms with van der Waals surface area (Å²) in [5, 5.41) is 0.493. The van der Waals surface area contributed by atoms with Crippen molar-refractivity contribution in [3.63, 3.8) is 0 Å². The lowest BCUT2D eigenvalue weighted by Crippen LogP contribution is -2.33. The monoisotopic (exact) mass is 374 g/mol. The first-order valence-corrected chi connectivity index (χ1v) is 8.55. The summed E-state index contributed by atoms with van der Waals surface area (Å²) in [6, 6.07) is 14.5. The third-order valence-corrected chi connectivity index (χ3v) is 4.42. The molecule has 1 fully saturated rings. The molecule has 1 heterocycles. The van der Waals surface area contributed by atoms with Gasteiger partial charge < -0.3 is 9.64 Å². The smallest absolute Gasteiger partial charge is 0.248 e. The zero-order valence-electron chi connectivity index (χ0n) is 14.3. The van der Waals surface area contributed by atoms with Crippen LogP contribution in [0.15, 0.2) is 48.5 Å². The maximum Gasteiger partial charge on any atom is 0.248 e. The molecule has 0 aliphatic carbocycles. The molecule has 0 unspecified atom stereocenters. The summed E-state index contributed by atoms with van der Waals surface area (Å²) in [7, 11) is 1.52. The highest BCUT2D eigenvalue weighted by atomic mass is 35.5. The molecule has 1 N–H and O–H groups in total. The third-order valence-electron chi connectivity index (χ3n) is 4.18. The predicted molar refractivity (Wildman–Crippen MR) is 97.8 cm³/mol. The van der Waals surface area contributed by atoms with Crippen LogP contribution in [0.1, 0.15) is 12.0 Å². The van der Waals surface area contributed by atoms with Crippen LogP contribution in [0, 0.1) is 5.92 Å². The summed E-state index contributed by atoms with van der Waals surface area (Å²) in [5.41, 5.74) is 3.94. The van der Waals surface area contributed by atoms with Gasteiger partial charge in [0, 0.05) is 18.0 Å². The van der Waals surface area contributed by atoms with E-state index in [1.165, 1.54) is 12.0 Å². The van der Waals surface area contributed by atoms with Crippen LogP contribution in [0.3, 0.4) is 0 Å². The van der Waals surface area contributed by atoms with Crippen LogP contribution in [-0.4, -0.2) is 25.5 Å². The average Bonchev–Trinajstić information content (AvgIpc) is 3.04. The van der Waals surface area contributed by atoms with E-state index >= 15 is 0 Å². The Hall–Kier alpha value is -2.57. The molecule has 1 saturated heterocycles. The van der Waals surface area contributed by atoms with Crippen molar-refractivity contribution in [2.75, 3.05) is 18.6 Å². The molecule has 3 rings (SSSR count). The molecular formula is C19H19ClN2O4. The molecule has 1 atom stereocenters. The Morgan fingerprint density at radius 1 is 1.27 bits per heavy atom. The number of anilines is 1. The summed E-state index contributed by atoms with van der Waals surface area (Å²) in [6.45, 7) is 0.509. The summed E-state index contributed by atoms with van der Waals surface area (Å²) < 4.78 is 5.29. The van der Waals surface area contributed by atoms with Crippen LogP contribution >= 0.6 is 11.6 Å². The van der Waals surface area contributed by atoms with E-state index in [1.807, 2.05) is 30.3 Å². The number of hydrogen-bond donors (Lipinski definition) is 1. The molecule has 0 spiro atoms. The molecule has 136 valence electrons. The second-order valence-corrected chi connectivity index (χ2v) is 6.40. The van der Waals surface area contributed by atoms with Crippen LogP contribution in [0.25, 0.3) is 0 Å². The van der Waals surface area contributed by atoms with E-state index in [0.717, 1.165) is 5.56 Å². The number of ether oxygens (including phenoxy) is 1.